The number of carbonyl (C=O) groups excluding carboxylic acids is 1. The van der Waals surface area contributed by atoms with Crippen molar-refractivity contribution in [3.8, 4) is 0 Å². The summed E-state index contributed by atoms with van der Waals surface area (Å²) in [5, 5.41) is 4.12. The summed E-state index contributed by atoms with van der Waals surface area (Å²) >= 11 is 3.37. The normalized spacial score (nSPS) is 23.5. The molecule has 1 aliphatic rings. The summed E-state index contributed by atoms with van der Waals surface area (Å²) < 4.78 is 5.94. The third-order valence-corrected chi connectivity index (χ3v) is 4.78. The standard InChI is InChI=1S/C14H22N2O2S2.ClH/c1-10-7-16(14(17)12(15)4-5-19-2)8-13(18-10)11-3-6-20-9-11;/h3,6,9-10,12-13H,4-5,7-8,15H2,1-2H3;1H/t10?,12-,13?;/m0./s1. The number of rotatable bonds is 5. The summed E-state index contributed by atoms with van der Waals surface area (Å²) in [7, 11) is 0. The molecule has 1 aromatic rings. The second-order valence-electron chi connectivity index (χ2n) is 5.12. The van der Waals surface area contributed by atoms with Crippen molar-refractivity contribution in [2.24, 2.45) is 5.73 Å². The Hall–Kier alpha value is -0.270. The van der Waals surface area contributed by atoms with Crippen LogP contribution >= 0.6 is 35.5 Å². The third kappa shape index (κ3) is 5.14. The summed E-state index contributed by atoms with van der Waals surface area (Å²) in [5.74, 6) is 0.968. The van der Waals surface area contributed by atoms with Crippen LogP contribution in [0.2, 0.25) is 0 Å². The van der Waals surface area contributed by atoms with E-state index in [1.807, 2.05) is 23.5 Å². The average molecular weight is 351 g/mol. The van der Waals surface area contributed by atoms with Crippen LogP contribution in [0.25, 0.3) is 0 Å². The Labute approximate surface area is 140 Å². The minimum atomic E-state index is -0.393. The monoisotopic (exact) mass is 350 g/mol. The summed E-state index contributed by atoms with van der Waals surface area (Å²) in [4.78, 5) is 14.3. The number of morpholine rings is 1. The number of thioether (sulfide) groups is 1. The Balaban J connectivity index is 0.00000220. The Morgan fingerprint density at radius 2 is 2.38 bits per heavy atom. The van der Waals surface area contributed by atoms with Crippen LogP contribution in [0.4, 0.5) is 0 Å². The minimum Gasteiger partial charge on any atom is -0.367 e. The third-order valence-electron chi connectivity index (χ3n) is 3.44. The van der Waals surface area contributed by atoms with E-state index in [2.05, 4.69) is 11.4 Å². The van der Waals surface area contributed by atoms with E-state index < -0.39 is 6.04 Å². The predicted molar refractivity (Wildman–Crippen MR) is 92.4 cm³/mol. The lowest BCUT2D eigenvalue weighted by Crippen LogP contribution is -2.51. The molecule has 3 atom stereocenters. The first-order chi connectivity index (χ1) is 9.61. The van der Waals surface area contributed by atoms with Gasteiger partial charge in [0.05, 0.1) is 18.7 Å². The molecule has 0 radical (unpaired) electrons. The fourth-order valence-electron chi connectivity index (χ4n) is 2.38. The van der Waals surface area contributed by atoms with Crippen LogP contribution < -0.4 is 5.73 Å². The second-order valence-corrected chi connectivity index (χ2v) is 6.89. The number of ether oxygens (including phenoxy) is 1. The molecule has 0 aliphatic carbocycles. The molecule has 0 bridgehead atoms. The SMILES string of the molecule is CSCC[C@H](N)C(=O)N1CC(C)OC(c2ccsc2)C1.Cl. The fourth-order valence-corrected chi connectivity index (χ4v) is 3.57. The maximum atomic E-state index is 12.4. The van der Waals surface area contributed by atoms with Gasteiger partial charge in [-0.05, 0) is 47.7 Å². The van der Waals surface area contributed by atoms with Gasteiger partial charge in [0.1, 0.15) is 6.10 Å². The predicted octanol–water partition coefficient (Wildman–Crippen LogP) is 2.54. The molecule has 1 aromatic heterocycles. The number of carbonyl (C=O) groups is 1. The highest BCUT2D eigenvalue weighted by atomic mass is 35.5. The van der Waals surface area contributed by atoms with Gasteiger partial charge in [-0.15, -0.1) is 12.4 Å². The van der Waals surface area contributed by atoms with E-state index in [-0.39, 0.29) is 30.5 Å². The molecule has 2 heterocycles. The zero-order valence-electron chi connectivity index (χ0n) is 12.4. The number of thiophene rings is 1. The van der Waals surface area contributed by atoms with Gasteiger partial charge >= 0.3 is 0 Å². The van der Waals surface area contributed by atoms with E-state index in [4.69, 9.17) is 10.5 Å². The van der Waals surface area contributed by atoms with E-state index in [1.165, 1.54) is 0 Å². The molecule has 0 aromatic carbocycles. The van der Waals surface area contributed by atoms with Crippen molar-refractivity contribution in [1.29, 1.82) is 0 Å². The van der Waals surface area contributed by atoms with Gasteiger partial charge in [-0.2, -0.15) is 23.1 Å². The zero-order chi connectivity index (χ0) is 14.5. The Morgan fingerprint density at radius 1 is 1.62 bits per heavy atom. The average Bonchev–Trinajstić information content (AvgIpc) is 2.97. The van der Waals surface area contributed by atoms with E-state index >= 15 is 0 Å². The maximum absolute atomic E-state index is 12.4. The van der Waals surface area contributed by atoms with Crippen LogP contribution in [0.15, 0.2) is 16.8 Å². The van der Waals surface area contributed by atoms with Gasteiger partial charge in [0.25, 0.3) is 0 Å². The van der Waals surface area contributed by atoms with E-state index in [0.717, 1.165) is 17.7 Å². The fraction of sp³-hybridized carbons (Fsp3) is 0.643. The lowest BCUT2D eigenvalue weighted by molar-refractivity contribution is -0.146. The first-order valence-electron chi connectivity index (χ1n) is 6.82. The highest BCUT2D eigenvalue weighted by Gasteiger charge is 2.31. The molecule has 1 fully saturated rings. The number of nitrogens with two attached hydrogens (primary N) is 1. The first kappa shape index (κ1) is 18.8. The van der Waals surface area contributed by atoms with Gasteiger partial charge in [0.2, 0.25) is 5.91 Å². The van der Waals surface area contributed by atoms with Gasteiger partial charge in [-0.25, -0.2) is 0 Å². The molecule has 21 heavy (non-hydrogen) atoms. The van der Waals surface area contributed by atoms with Gasteiger partial charge in [-0.3, -0.25) is 4.79 Å². The molecule has 4 nitrogen and oxygen atoms in total. The first-order valence-corrected chi connectivity index (χ1v) is 9.16. The Bertz CT molecular complexity index is 431. The molecule has 2 unspecified atom stereocenters. The van der Waals surface area contributed by atoms with Crippen molar-refractivity contribution in [2.75, 3.05) is 25.1 Å². The van der Waals surface area contributed by atoms with Crippen LogP contribution in [-0.2, 0) is 9.53 Å². The number of halogens is 1. The molecular weight excluding hydrogens is 328 g/mol. The van der Waals surface area contributed by atoms with Crippen LogP contribution in [0, 0.1) is 0 Å². The van der Waals surface area contributed by atoms with Crippen molar-refractivity contribution < 1.29 is 9.53 Å². The molecular formula is C14H23ClN2O2S2. The van der Waals surface area contributed by atoms with E-state index in [9.17, 15) is 4.79 Å². The quantitative estimate of drug-likeness (QED) is 0.886. The van der Waals surface area contributed by atoms with Crippen molar-refractivity contribution in [2.45, 2.75) is 31.6 Å². The summed E-state index contributed by atoms with van der Waals surface area (Å²) in [5.41, 5.74) is 7.15. The van der Waals surface area contributed by atoms with Crippen LogP contribution in [-0.4, -0.2) is 48.1 Å². The van der Waals surface area contributed by atoms with Crippen LogP contribution in [0.3, 0.4) is 0 Å². The lowest BCUT2D eigenvalue weighted by Gasteiger charge is -2.37. The molecule has 0 spiro atoms. The minimum absolute atomic E-state index is 0. The van der Waals surface area contributed by atoms with Gasteiger partial charge in [-0.1, -0.05) is 0 Å². The smallest absolute Gasteiger partial charge is 0.239 e. The molecule has 120 valence electrons. The van der Waals surface area contributed by atoms with Crippen LogP contribution in [0.5, 0.6) is 0 Å². The Kier molecular flexibility index (Phi) is 8.05. The topological polar surface area (TPSA) is 55.6 Å². The van der Waals surface area contributed by atoms with E-state index in [0.29, 0.717) is 13.1 Å². The summed E-state index contributed by atoms with van der Waals surface area (Å²) in [6, 6.07) is 1.67. The molecule has 1 amide bonds. The second kappa shape index (κ2) is 9.00. The number of amides is 1. The van der Waals surface area contributed by atoms with Crippen LogP contribution in [0.1, 0.15) is 25.0 Å². The molecule has 2 rings (SSSR count). The summed E-state index contributed by atoms with van der Waals surface area (Å²) in [6.07, 6.45) is 2.78. The van der Waals surface area contributed by atoms with Crippen molar-refractivity contribution in [1.82, 2.24) is 4.90 Å². The number of nitrogens with zero attached hydrogens (tertiary/aromatic N) is 1. The highest BCUT2D eigenvalue weighted by molar-refractivity contribution is 7.98. The van der Waals surface area contributed by atoms with Crippen molar-refractivity contribution >= 4 is 41.4 Å². The molecule has 1 saturated heterocycles. The van der Waals surface area contributed by atoms with Gasteiger partial charge < -0.3 is 15.4 Å². The largest absolute Gasteiger partial charge is 0.367 e. The maximum Gasteiger partial charge on any atom is 0.239 e. The number of hydrogen-bond donors (Lipinski definition) is 1. The lowest BCUT2D eigenvalue weighted by atomic mass is 10.1. The molecule has 0 saturated carbocycles. The molecule has 2 N–H and O–H groups in total. The van der Waals surface area contributed by atoms with Crippen molar-refractivity contribution in [3.63, 3.8) is 0 Å². The van der Waals surface area contributed by atoms with E-state index in [1.54, 1.807) is 23.1 Å². The number of hydrogen-bond acceptors (Lipinski definition) is 5. The zero-order valence-corrected chi connectivity index (χ0v) is 14.8. The van der Waals surface area contributed by atoms with Gasteiger partial charge in [0.15, 0.2) is 0 Å². The highest BCUT2D eigenvalue weighted by Crippen LogP contribution is 2.27. The van der Waals surface area contributed by atoms with Crippen molar-refractivity contribution in [3.05, 3.63) is 22.4 Å². The molecule has 7 heteroatoms. The Morgan fingerprint density at radius 3 is 3.00 bits per heavy atom. The summed E-state index contributed by atoms with van der Waals surface area (Å²) in [6.45, 7) is 3.24. The molecule has 1 aliphatic heterocycles. The van der Waals surface area contributed by atoms with Gasteiger partial charge in [0, 0.05) is 6.54 Å².